The minimum atomic E-state index is -0.597. The Morgan fingerprint density at radius 1 is 1.30 bits per heavy atom. The van der Waals surface area contributed by atoms with Crippen LogP contribution in [0.5, 0.6) is 5.88 Å². The Balaban J connectivity index is 1.60. The van der Waals surface area contributed by atoms with Gasteiger partial charge in [-0.05, 0) is 47.4 Å². The van der Waals surface area contributed by atoms with Gasteiger partial charge in [-0.1, -0.05) is 30.2 Å². The second-order valence-corrected chi connectivity index (χ2v) is 7.28. The third-order valence-corrected chi connectivity index (χ3v) is 5.16. The van der Waals surface area contributed by atoms with E-state index < -0.39 is 12.0 Å². The van der Waals surface area contributed by atoms with Gasteiger partial charge in [-0.15, -0.1) is 5.10 Å². The van der Waals surface area contributed by atoms with Gasteiger partial charge in [0.25, 0.3) is 11.8 Å². The highest BCUT2D eigenvalue weighted by atomic mass is 79.9. The van der Waals surface area contributed by atoms with Crippen LogP contribution in [0.1, 0.15) is 29.6 Å². The summed E-state index contributed by atoms with van der Waals surface area (Å²) >= 11 is 9.30. The monoisotopic (exact) mass is 455 g/mol. The van der Waals surface area contributed by atoms with Gasteiger partial charge in [0.15, 0.2) is 0 Å². The number of aromatic amines is 1. The number of nitrogens with zero attached hydrogens (tertiary/aromatic N) is 1. The Bertz CT molecular complexity index is 821. The molecule has 0 spiro atoms. The van der Waals surface area contributed by atoms with E-state index in [4.69, 9.17) is 16.3 Å². The van der Waals surface area contributed by atoms with Crippen molar-refractivity contribution >= 4 is 45.3 Å². The fraction of sp³-hybridized carbons (Fsp3) is 0.353. The summed E-state index contributed by atoms with van der Waals surface area (Å²) in [5.41, 5.74) is 0.321. The number of anilines is 1. The van der Waals surface area contributed by atoms with E-state index in [0.717, 1.165) is 25.8 Å². The highest BCUT2D eigenvalue weighted by molar-refractivity contribution is 9.10. The summed E-state index contributed by atoms with van der Waals surface area (Å²) in [6.45, 7) is 1.66. The highest BCUT2D eigenvalue weighted by Crippen LogP contribution is 2.30. The molecule has 1 unspecified atom stereocenters. The van der Waals surface area contributed by atoms with E-state index in [0.29, 0.717) is 21.6 Å². The van der Waals surface area contributed by atoms with Crippen molar-refractivity contribution in [3.05, 3.63) is 39.3 Å². The summed E-state index contributed by atoms with van der Waals surface area (Å²) < 4.78 is 5.57. The molecule has 0 saturated carbocycles. The molecule has 1 fully saturated rings. The maximum Gasteiger partial charge on any atom is 0.414 e. The number of ether oxygens (including phenoxy) is 1. The van der Waals surface area contributed by atoms with Crippen LogP contribution in [0.15, 0.2) is 28.7 Å². The summed E-state index contributed by atoms with van der Waals surface area (Å²) in [5.74, 6) is -0.118. The van der Waals surface area contributed by atoms with Gasteiger partial charge in [0.1, 0.15) is 10.3 Å². The molecule has 2 aromatic rings. The standard InChI is InChI=1S/C17H19BrClN5O3/c18-13-14(22-15(25)11-6-1-2-7-12(11)19)23-24-16(13)27-17(26)21-10-5-3-4-8-20-9-10/h1-2,6-7,10,20H,3-5,8-9H2,(H,21,26)(H2,22,23,24,25). The maximum atomic E-state index is 12.3. The second kappa shape index (κ2) is 9.20. The molecule has 8 nitrogen and oxygen atoms in total. The Labute approximate surface area is 169 Å². The van der Waals surface area contributed by atoms with Crippen LogP contribution in [0.4, 0.5) is 10.6 Å². The van der Waals surface area contributed by atoms with Crippen molar-refractivity contribution in [3.63, 3.8) is 0 Å². The normalized spacial score (nSPS) is 17.0. The molecule has 1 aromatic carbocycles. The van der Waals surface area contributed by atoms with Gasteiger partial charge in [-0.2, -0.15) is 0 Å². The Hall–Kier alpha value is -2.10. The van der Waals surface area contributed by atoms with Crippen molar-refractivity contribution in [2.75, 3.05) is 18.4 Å². The molecule has 27 heavy (non-hydrogen) atoms. The zero-order valence-corrected chi connectivity index (χ0v) is 16.7. The lowest BCUT2D eigenvalue weighted by Crippen LogP contribution is -2.42. The average molecular weight is 457 g/mol. The summed E-state index contributed by atoms with van der Waals surface area (Å²) in [7, 11) is 0. The van der Waals surface area contributed by atoms with Crippen LogP contribution in [0.2, 0.25) is 5.02 Å². The highest BCUT2D eigenvalue weighted by Gasteiger charge is 2.21. The number of halogens is 2. The third-order valence-electron chi connectivity index (χ3n) is 4.09. The first-order chi connectivity index (χ1) is 13.0. The summed E-state index contributed by atoms with van der Waals surface area (Å²) in [6.07, 6.45) is 2.43. The number of benzene rings is 1. The molecule has 1 saturated heterocycles. The molecular formula is C17H19BrClN5O3. The van der Waals surface area contributed by atoms with Crippen molar-refractivity contribution in [1.29, 1.82) is 0 Å². The lowest BCUT2D eigenvalue weighted by molar-refractivity contribution is 0.102. The number of H-pyrrole nitrogens is 1. The molecule has 3 rings (SSSR count). The molecule has 1 aliphatic rings. The Morgan fingerprint density at radius 3 is 2.93 bits per heavy atom. The number of hydrogen-bond acceptors (Lipinski definition) is 5. The molecule has 0 bridgehead atoms. The zero-order valence-electron chi connectivity index (χ0n) is 14.4. The summed E-state index contributed by atoms with van der Waals surface area (Å²) in [6, 6.07) is 6.69. The molecule has 0 aliphatic carbocycles. The van der Waals surface area contributed by atoms with Crippen LogP contribution in [-0.2, 0) is 0 Å². The number of hydrogen-bond donors (Lipinski definition) is 4. The van der Waals surface area contributed by atoms with E-state index >= 15 is 0 Å². The number of amides is 2. The quantitative estimate of drug-likeness (QED) is 0.564. The third kappa shape index (κ3) is 5.21. The maximum absolute atomic E-state index is 12.3. The SMILES string of the molecule is O=C(NC1CCCCNC1)Oc1n[nH]c(NC(=O)c2ccccc2Cl)c1Br. The predicted octanol–water partition coefficient (Wildman–Crippen LogP) is 3.31. The molecule has 2 amide bonds. The van der Waals surface area contributed by atoms with Gasteiger partial charge in [0, 0.05) is 12.6 Å². The van der Waals surface area contributed by atoms with Crippen molar-refractivity contribution in [2.45, 2.75) is 25.3 Å². The predicted molar refractivity (Wildman–Crippen MR) is 105 cm³/mol. The van der Waals surface area contributed by atoms with E-state index in [1.54, 1.807) is 24.3 Å². The lowest BCUT2D eigenvalue weighted by atomic mass is 10.1. The van der Waals surface area contributed by atoms with Gasteiger partial charge in [0.2, 0.25) is 0 Å². The van der Waals surface area contributed by atoms with Crippen LogP contribution in [0.3, 0.4) is 0 Å². The fourth-order valence-electron chi connectivity index (χ4n) is 2.71. The van der Waals surface area contributed by atoms with Crippen LogP contribution in [0.25, 0.3) is 0 Å². The van der Waals surface area contributed by atoms with Gasteiger partial charge in [0.05, 0.1) is 10.6 Å². The van der Waals surface area contributed by atoms with E-state index in [1.165, 1.54) is 0 Å². The topological polar surface area (TPSA) is 108 Å². The fourth-order valence-corrected chi connectivity index (χ4v) is 3.29. The van der Waals surface area contributed by atoms with Gasteiger partial charge < -0.3 is 20.7 Å². The second-order valence-electron chi connectivity index (χ2n) is 6.08. The minimum absolute atomic E-state index is 0.0112. The first-order valence-corrected chi connectivity index (χ1v) is 9.70. The molecule has 1 aliphatic heterocycles. The van der Waals surface area contributed by atoms with Crippen molar-refractivity contribution < 1.29 is 14.3 Å². The molecule has 4 N–H and O–H groups in total. The number of carbonyl (C=O) groups is 2. The number of carbonyl (C=O) groups excluding carboxylic acids is 2. The molecule has 2 heterocycles. The average Bonchev–Trinajstić information content (AvgIpc) is 2.85. The Morgan fingerprint density at radius 2 is 2.11 bits per heavy atom. The summed E-state index contributed by atoms with van der Waals surface area (Å²) in [4.78, 5) is 24.4. The zero-order chi connectivity index (χ0) is 19.2. The molecule has 0 radical (unpaired) electrons. The number of rotatable bonds is 4. The van der Waals surface area contributed by atoms with Crippen LogP contribution in [-0.4, -0.2) is 41.3 Å². The largest absolute Gasteiger partial charge is 0.414 e. The lowest BCUT2D eigenvalue weighted by Gasteiger charge is -2.15. The van der Waals surface area contributed by atoms with Gasteiger partial charge in [-0.25, -0.2) is 4.79 Å². The first kappa shape index (κ1) is 19.7. The summed E-state index contributed by atoms with van der Waals surface area (Å²) in [5, 5.41) is 15.6. The van der Waals surface area contributed by atoms with E-state index in [-0.39, 0.29) is 17.7 Å². The van der Waals surface area contributed by atoms with Gasteiger partial charge >= 0.3 is 6.09 Å². The molecule has 10 heteroatoms. The minimum Gasteiger partial charge on any atom is -0.388 e. The van der Waals surface area contributed by atoms with Crippen molar-refractivity contribution in [2.24, 2.45) is 0 Å². The van der Waals surface area contributed by atoms with E-state index in [9.17, 15) is 9.59 Å². The first-order valence-electron chi connectivity index (χ1n) is 8.53. The van der Waals surface area contributed by atoms with Crippen LogP contribution < -0.4 is 20.7 Å². The van der Waals surface area contributed by atoms with Gasteiger partial charge in [-0.3, -0.25) is 9.89 Å². The smallest absolute Gasteiger partial charge is 0.388 e. The number of nitrogens with one attached hydrogen (secondary N) is 4. The molecule has 1 atom stereocenters. The number of aromatic nitrogens is 2. The molecular weight excluding hydrogens is 438 g/mol. The van der Waals surface area contributed by atoms with Crippen molar-refractivity contribution in [1.82, 2.24) is 20.8 Å². The van der Waals surface area contributed by atoms with E-state index in [1.807, 2.05) is 0 Å². The van der Waals surface area contributed by atoms with E-state index in [2.05, 4.69) is 42.1 Å². The van der Waals surface area contributed by atoms with Crippen LogP contribution >= 0.6 is 27.5 Å². The molecule has 144 valence electrons. The Kier molecular flexibility index (Phi) is 6.70. The van der Waals surface area contributed by atoms with Crippen molar-refractivity contribution in [3.8, 4) is 5.88 Å². The van der Waals surface area contributed by atoms with Crippen LogP contribution in [0, 0.1) is 0 Å². The molecule has 1 aromatic heterocycles.